The Morgan fingerprint density at radius 1 is 1.28 bits per heavy atom. The summed E-state index contributed by atoms with van der Waals surface area (Å²) in [5.74, 6) is 0.702. The van der Waals surface area contributed by atoms with E-state index in [-0.39, 0.29) is 0 Å². The van der Waals surface area contributed by atoms with Crippen molar-refractivity contribution in [3.05, 3.63) is 51.5 Å². The molecule has 0 bridgehead atoms. The van der Waals surface area contributed by atoms with Crippen LogP contribution in [0.4, 0.5) is 0 Å². The quantitative estimate of drug-likeness (QED) is 0.909. The zero-order valence-corrected chi connectivity index (χ0v) is 11.6. The molecule has 2 aromatic rings. The first-order chi connectivity index (χ1) is 8.74. The lowest BCUT2D eigenvalue weighted by atomic mass is 10.1. The third-order valence-corrected chi connectivity index (χ3v) is 4.68. The smallest absolute Gasteiger partial charge is 0.107 e. The van der Waals surface area contributed by atoms with Gasteiger partial charge in [0.15, 0.2) is 0 Å². The van der Waals surface area contributed by atoms with Gasteiger partial charge in [0.1, 0.15) is 5.01 Å². The Bertz CT molecular complexity index is 513. The summed E-state index contributed by atoms with van der Waals surface area (Å²) in [4.78, 5) is 5.90. The number of nitrogens with zero attached hydrogens (tertiary/aromatic N) is 1. The molecule has 1 fully saturated rings. The van der Waals surface area contributed by atoms with Gasteiger partial charge in [-0.15, -0.1) is 11.3 Å². The van der Waals surface area contributed by atoms with Crippen LogP contribution in [0.25, 0.3) is 0 Å². The first-order valence-electron chi connectivity index (χ1n) is 6.45. The first-order valence-corrected chi connectivity index (χ1v) is 7.27. The average Bonchev–Trinajstić information content (AvgIpc) is 3.09. The highest BCUT2D eigenvalue weighted by atomic mass is 32.1. The van der Waals surface area contributed by atoms with E-state index in [0.717, 1.165) is 6.54 Å². The van der Waals surface area contributed by atoms with Crippen LogP contribution < -0.4 is 5.32 Å². The number of benzene rings is 1. The maximum atomic E-state index is 4.56. The normalized spacial score (nSPS) is 22.1. The molecule has 1 N–H and O–H groups in total. The Morgan fingerprint density at radius 3 is 2.72 bits per heavy atom. The van der Waals surface area contributed by atoms with Gasteiger partial charge in [-0.1, -0.05) is 30.3 Å². The van der Waals surface area contributed by atoms with E-state index >= 15 is 0 Å². The van der Waals surface area contributed by atoms with E-state index in [1.807, 2.05) is 11.3 Å². The monoisotopic (exact) mass is 258 g/mol. The van der Waals surface area contributed by atoms with Crippen molar-refractivity contribution in [2.75, 3.05) is 0 Å². The van der Waals surface area contributed by atoms with Gasteiger partial charge in [-0.05, 0) is 25.8 Å². The van der Waals surface area contributed by atoms with E-state index in [9.17, 15) is 0 Å². The number of rotatable bonds is 4. The predicted octanol–water partition coefficient (Wildman–Crippen LogP) is 3.41. The van der Waals surface area contributed by atoms with Crippen LogP contribution in [-0.4, -0.2) is 11.0 Å². The number of hydrogen-bond acceptors (Lipinski definition) is 3. The van der Waals surface area contributed by atoms with Gasteiger partial charge in [-0.2, -0.15) is 0 Å². The number of nitrogens with one attached hydrogen (secondary N) is 1. The highest BCUT2D eigenvalue weighted by molar-refractivity contribution is 7.11. The fourth-order valence-electron chi connectivity index (χ4n) is 2.32. The Hall–Kier alpha value is -1.19. The topological polar surface area (TPSA) is 24.9 Å². The van der Waals surface area contributed by atoms with Crippen LogP contribution >= 0.6 is 11.3 Å². The van der Waals surface area contributed by atoms with Crippen molar-refractivity contribution in [2.45, 2.75) is 38.8 Å². The largest absolute Gasteiger partial charge is 0.307 e. The Morgan fingerprint density at radius 2 is 2.06 bits per heavy atom. The highest BCUT2D eigenvalue weighted by Crippen LogP contribution is 2.40. The lowest BCUT2D eigenvalue weighted by Crippen LogP contribution is -2.17. The second-order valence-electron chi connectivity index (χ2n) is 4.99. The molecule has 2 nitrogen and oxygen atoms in total. The second-order valence-corrected chi connectivity index (χ2v) is 6.28. The van der Waals surface area contributed by atoms with Crippen LogP contribution in [0.2, 0.25) is 0 Å². The molecular formula is C15H18N2S. The molecule has 0 saturated heterocycles. The maximum Gasteiger partial charge on any atom is 0.107 e. The number of hydrogen-bond donors (Lipinski definition) is 1. The Balaban J connectivity index is 1.54. The third-order valence-electron chi connectivity index (χ3n) is 3.61. The van der Waals surface area contributed by atoms with Crippen LogP contribution in [0.5, 0.6) is 0 Å². The zero-order chi connectivity index (χ0) is 12.5. The fourth-order valence-corrected chi connectivity index (χ4v) is 3.21. The van der Waals surface area contributed by atoms with E-state index in [4.69, 9.17) is 0 Å². The first kappa shape index (κ1) is 11.9. The summed E-state index contributed by atoms with van der Waals surface area (Å²) in [6.45, 7) is 5.13. The third kappa shape index (κ3) is 2.47. The highest BCUT2D eigenvalue weighted by Gasteiger charge is 2.37. The SMILES string of the molecule is Cc1nc(CNC2CC2c2ccccc2)sc1C. The van der Waals surface area contributed by atoms with Gasteiger partial charge >= 0.3 is 0 Å². The molecule has 1 heterocycles. The van der Waals surface area contributed by atoms with E-state index in [2.05, 4.69) is 54.5 Å². The molecule has 1 aromatic carbocycles. The average molecular weight is 258 g/mol. The molecule has 18 heavy (non-hydrogen) atoms. The van der Waals surface area contributed by atoms with Crippen LogP contribution in [0.1, 0.15) is 33.5 Å². The summed E-state index contributed by atoms with van der Waals surface area (Å²) >= 11 is 1.81. The van der Waals surface area contributed by atoms with Gasteiger partial charge in [-0.3, -0.25) is 0 Å². The Labute approximate surface area is 112 Å². The van der Waals surface area contributed by atoms with Crippen molar-refractivity contribution in [3.63, 3.8) is 0 Å². The molecular weight excluding hydrogens is 240 g/mol. The van der Waals surface area contributed by atoms with Crippen molar-refractivity contribution < 1.29 is 0 Å². The standard InChI is InChI=1S/C15H18N2S/c1-10-11(2)18-15(17-10)9-16-14-8-13(14)12-6-4-3-5-7-12/h3-7,13-14,16H,8-9H2,1-2H3. The van der Waals surface area contributed by atoms with Crippen LogP contribution in [0.15, 0.2) is 30.3 Å². The van der Waals surface area contributed by atoms with Crippen molar-refractivity contribution in [1.29, 1.82) is 0 Å². The summed E-state index contributed by atoms with van der Waals surface area (Å²) in [6.07, 6.45) is 1.26. The molecule has 0 amide bonds. The molecule has 1 aromatic heterocycles. The minimum Gasteiger partial charge on any atom is -0.307 e. The van der Waals surface area contributed by atoms with Gasteiger partial charge in [-0.25, -0.2) is 4.98 Å². The fraction of sp³-hybridized carbons (Fsp3) is 0.400. The number of thiazole rings is 1. The van der Waals surface area contributed by atoms with E-state index in [1.54, 1.807) is 0 Å². The van der Waals surface area contributed by atoms with Crippen LogP contribution in [-0.2, 0) is 6.54 Å². The minimum absolute atomic E-state index is 0.636. The van der Waals surface area contributed by atoms with E-state index < -0.39 is 0 Å². The molecule has 2 unspecified atom stereocenters. The van der Waals surface area contributed by atoms with E-state index in [1.165, 1.54) is 27.6 Å². The summed E-state index contributed by atoms with van der Waals surface area (Å²) in [6, 6.07) is 11.4. The van der Waals surface area contributed by atoms with E-state index in [0.29, 0.717) is 12.0 Å². The molecule has 94 valence electrons. The second kappa shape index (κ2) is 4.82. The van der Waals surface area contributed by atoms with Crippen molar-refractivity contribution >= 4 is 11.3 Å². The van der Waals surface area contributed by atoms with Crippen molar-refractivity contribution in [2.24, 2.45) is 0 Å². The summed E-state index contributed by atoms with van der Waals surface area (Å²) in [5.41, 5.74) is 2.63. The van der Waals surface area contributed by atoms with Crippen LogP contribution in [0, 0.1) is 13.8 Å². The minimum atomic E-state index is 0.636. The summed E-state index contributed by atoms with van der Waals surface area (Å²) in [7, 11) is 0. The van der Waals surface area contributed by atoms with Gasteiger partial charge in [0.2, 0.25) is 0 Å². The van der Waals surface area contributed by atoms with Gasteiger partial charge < -0.3 is 5.32 Å². The molecule has 0 spiro atoms. The molecule has 1 saturated carbocycles. The zero-order valence-electron chi connectivity index (χ0n) is 10.8. The van der Waals surface area contributed by atoms with Crippen molar-refractivity contribution in [3.8, 4) is 0 Å². The summed E-state index contributed by atoms with van der Waals surface area (Å²) < 4.78 is 0. The lowest BCUT2D eigenvalue weighted by Gasteiger charge is -2.02. The Kier molecular flexibility index (Phi) is 3.18. The van der Waals surface area contributed by atoms with Crippen LogP contribution in [0.3, 0.4) is 0 Å². The molecule has 1 aliphatic carbocycles. The van der Waals surface area contributed by atoms with Gasteiger partial charge in [0, 0.05) is 23.4 Å². The predicted molar refractivity (Wildman–Crippen MR) is 76.0 cm³/mol. The van der Waals surface area contributed by atoms with Crippen molar-refractivity contribution in [1.82, 2.24) is 10.3 Å². The molecule has 0 aliphatic heterocycles. The molecule has 2 atom stereocenters. The van der Waals surface area contributed by atoms with Gasteiger partial charge in [0.05, 0.1) is 5.69 Å². The lowest BCUT2D eigenvalue weighted by molar-refractivity contribution is 0.669. The molecule has 0 radical (unpaired) electrons. The number of aromatic nitrogens is 1. The van der Waals surface area contributed by atoms with Gasteiger partial charge in [0.25, 0.3) is 0 Å². The maximum absolute atomic E-state index is 4.56. The number of aryl methyl sites for hydroxylation is 2. The molecule has 3 rings (SSSR count). The summed E-state index contributed by atoms with van der Waals surface area (Å²) in [5, 5.41) is 4.82. The molecule has 3 heteroatoms. The molecule has 1 aliphatic rings.